The first-order valence-electron chi connectivity index (χ1n) is 7.12. The number of hydrogen-bond donors (Lipinski definition) is 1. The van der Waals surface area contributed by atoms with Crippen LogP contribution in [0.3, 0.4) is 0 Å². The Balaban J connectivity index is 2.27. The quantitative estimate of drug-likeness (QED) is 0.837. The zero-order chi connectivity index (χ0) is 14.7. The summed E-state index contributed by atoms with van der Waals surface area (Å²) < 4.78 is 1.07. The third-order valence-electron chi connectivity index (χ3n) is 3.80. The molecule has 1 aromatic carbocycles. The molecule has 0 radical (unpaired) electrons. The lowest BCUT2D eigenvalue weighted by atomic mass is 9.91. The van der Waals surface area contributed by atoms with Gasteiger partial charge in [0.1, 0.15) is 0 Å². The SMILES string of the molecule is C=CNc1ccc(Br)cc1C(=C)N1CC(C)CC(C)C1. The minimum absolute atomic E-state index is 0.721. The van der Waals surface area contributed by atoms with Gasteiger partial charge in [-0.25, -0.2) is 0 Å². The fourth-order valence-electron chi connectivity index (χ4n) is 3.04. The topological polar surface area (TPSA) is 15.3 Å². The van der Waals surface area contributed by atoms with Gasteiger partial charge in [0.15, 0.2) is 0 Å². The molecule has 0 aliphatic carbocycles. The van der Waals surface area contributed by atoms with Crippen LogP contribution in [0.25, 0.3) is 5.70 Å². The molecule has 1 saturated heterocycles. The van der Waals surface area contributed by atoms with E-state index in [0.717, 1.165) is 46.3 Å². The molecule has 2 atom stereocenters. The average molecular weight is 335 g/mol. The molecule has 108 valence electrons. The van der Waals surface area contributed by atoms with Gasteiger partial charge in [-0.15, -0.1) is 0 Å². The predicted molar refractivity (Wildman–Crippen MR) is 91.5 cm³/mol. The fraction of sp³-hybridized carbons (Fsp3) is 0.412. The van der Waals surface area contributed by atoms with Crippen LogP contribution in [-0.2, 0) is 0 Å². The lowest BCUT2D eigenvalue weighted by Crippen LogP contribution is -2.37. The molecule has 1 aliphatic heterocycles. The second kappa shape index (κ2) is 6.49. The van der Waals surface area contributed by atoms with E-state index >= 15 is 0 Å². The van der Waals surface area contributed by atoms with Gasteiger partial charge in [-0.1, -0.05) is 42.9 Å². The minimum atomic E-state index is 0.721. The van der Waals surface area contributed by atoms with E-state index in [1.807, 2.05) is 6.07 Å². The number of likely N-dealkylation sites (tertiary alicyclic amines) is 1. The van der Waals surface area contributed by atoms with E-state index in [4.69, 9.17) is 0 Å². The molecule has 1 aromatic rings. The van der Waals surface area contributed by atoms with Crippen LogP contribution in [0.1, 0.15) is 25.8 Å². The summed E-state index contributed by atoms with van der Waals surface area (Å²) in [5, 5.41) is 3.20. The molecule has 2 nitrogen and oxygen atoms in total. The van der Waals surface area contributed by atoms with E-state index in [0.29, 0.717) is 0 Å². The summed E-state index contributed by atoms with van der Waals surface area (Å²) >= 11 is 3.55. The van der Waals surface area contributed by atoms with E-state index < -0.39 is 0 Å². The van der Waals surface area contributed by atoms with Gasteiger partial charge in [-0.3, -0.25) is 0 Å². The van der Waals surface area contributed by atoms with Crippen molar-refractivity contribution in [1.82, 2.24) is 4.90 Å². The van der Waals surface area contributed by atoms with Crippen LogP contribution in [0.5, 0.6) is 0 Å². The number of hydrogen-bond acceptors (Lipinski definition) is 2. The summed E-state index contributed by atoms with van der Waals surface area (Å²) in [5.74, 6) is 1.44. The molecule has 3 heteroatoms. The highest BCUT2D eigenvalue weighted by Crippen LogP contribution is 2.32. The highest BCUT2D eigenvalue weighted by molar-refractivity contribution is 9.10. The fourth-order valence-corrected chi connectivity index (χ4v) is 3.41. The second-order valence-electron chi connectivity index (χ2n) is 5.84. The first-order valence-corrected chi connectivity index (χ1v) is 7.91. The van der Waals surface area contributed by atoms with Crippen molar-refractivity contribution in [2.75, 3.05) is 18.4 Å². The Morgan fingerprint density at radius 1 is 1.35 bits per heavy atom. The lowest BCUT2D eigenvalue weighted by molar-refractivity contribution is 0.204. The summed E-state index contributed by atoms with van der Waals surface area (Å²) in [6.45, 7) is 14.9. The maximum absolute atomic E-state index is 4.33. The molecular weight excluding hydrogens is 312 g/mol. The van der Waals surface area contributed by atoms with Gasteiger partial charge in [0, 0.05) is 34.5 Å². The molecule has 0 saturated carbocycles. The molecule has 0 amide bonds. The molecule has 1 fully saturated rings. The van der Waals surface area contributed by atoms with Gasteiger partial charge in [-0.05, 0) is 42.7 Å². The van der Waals surface area contributed by atoms with Crippen molar-refractivity contribution < 1.29 is 0 Å². The Hall–Kier alpha value is -1.22. The van der Waals surface area contributed by atoms with Crippen LogP contribution < -0.4 is 5.32 Å². The Labute approximate surface area is 130 Å². The van der Waals surface area contributed by atoms with Crippen molar-refractivity contribution in [2.45, 2.75) is 20.3 Å². The van der Waals surface area contributed by atoms with E-state index in [9.17, 15) is 0 Å². The standard InChI is InChI=1S/C17H23BrN2/c1-5-19-17-7-6-15(18)9-16(17)14(4)20-10-12(2)8-13(3)11-20/h5-7,9,12-13,19H,1,4,8,10-11H2,2-3H3. The molecule has 1 N–H and O–H groups in total. The zero-order valence-corrected chi connectivity index (χ0v) is 13.9. The number of nitrogens with one attached hydrogen (secondary N) is 1. The van der Waals surface area contributed by atoms with Gasteiger partial charge in [0.05, 0.1) is 0 Å². The van der Waals surface area contributed by atoms with Crippen LogP contribution in [-0.4, -0.2) is 18.0 Å². The monoisotopic (exact) mass is 334 g/mol. The third-order valence-corrected chi connectivity index (χ3v) is 4.29. The van der Waals surface area contributed by atoms with Crippen molar-refractivity contribution >= 4 is 27.3 Å². The number of anilines is 1. The Kier molecular flexibility index (Phi) is 4.92. The van der Waals surface area contributed by atoms with Crippen LogP contribution >= 0.6 is 15.9 Å². The smallest absolute Gasteiger partial charge is 0.0474 e. The molecule has 2 rings (SSSR count). The highest BCUT2D eigenvalue weighted by Gasteiger charge is 2.24. The van der Waals surface area contributed by atoms with Crippen molar-refractivity contribution in [3.8, 4) is 0 Å². The van der Waals surface area contributed by atoms with E-state index in [-0.39, 0.29) is 0 Å². The molecular formula is C17H23BrN2. The van der Waals surface area contributed by atoms with Crippen LogP contribution in [0.2, 0.25) is 0 Å². The number of piperidine rings is 1. The van der Waals surface area contributed by atoms with Crippen LogP contribution in [0.15, 0.2) is 42.0 Å². The Morgan fingerprint density at radius 2 is 2.00 bits per heavy atom. The molecule has 0 aromatic heterocycles. The van der Waals surface area contributed by atoms with Gasteiger partial charge < -0.3 is 10.2 Å². The third kappa shape index (κ3) is 3.45. The van der Waals surface area contributed by atoms with E-state index in [2.05, 4.69) is 65.3 Å². The number of nitrogens with zero attached hydrogens (tertiary/aromatic N) is 1. The molecule has 20 heavy (non-hydrogen) atoms. The van der Waals surface area contributed by atoms with Gasteiger partial charge in [0.2, 0.25) is 0 Å². The first kappa shape index (κ1) is 15.2. The van der Waals surface area contributed by atoms with Crippen molar-refractivity contribution in [1.29, 1.82) is 0 Å². The molecule has 0 spiro atoms. The van der Waals surface area contributed by atoms with E-state index in [1.54, 1.807) is 6.20 Å². The normalized spacial score (nSPS) is 22.4. The second-order valence-corrected chi connectivity index (χ2v) is 6.75. The summed E-state index contributed by atoms with van der Waals surface area (Å²) in [5.41, 5.74) is 3.29. The van der Waals surface area contributed by atoms with Crippen molar-refractivity contribution in [3.63, 3.8) is 0 Å². The van der Waals surface area contributed by atoms with Crippen LogP contribution in [0, 0.1) is 11.8 Å². The maximum Gasteiger partial charge on any atom is 0.0474 e. The number of halogens is 1. The van der Waals surface area contributed by atoms with Crippen molar-refractivity contribution in [3.05, 3.63) is 47.6 Å². The lowest BCUT2D eigenvalue weighted by Gasteiger charge is -2.38. The largest absolute Gasteiger partial charge is 0.371 e. The van der Waals surface area contributed by atoms with Crippen molar-refractivity contribution in [2.24, 2.45) is 11.8 Å². The van der Waals surface area contributed by atoms with E-state index in [1.165, 1.54) is 6.42 Å². The predicted octanol–water partition coefficient (Wildman–Crippen LogP) is 4.95. The molecule has 1 aliphatic rings. The highest BCUT2D eigenvalue weighted by atomic mass is 79.9. The molecule has 0 bridgehead atoms. The van der Waals surface area contributed by atoms with Crippen LogP contribution in [0.4, 0.5) is 5.69 Å². The maximum atomic E-state index is 4.33. The summed E-state index contributed by atoms with van der Waals surface area (Å²) in [6, 6.07) is 6.21. The molecule has 2 unspecified atom stereocenters. The Bertz CT molecular complexity index is 500. The van der Waals surface area contributed by atoms with Gasteiger partial charge >= 0.3 is 0 Å². The first-order chi connectivity index (χ1) is 9.51. The Morgan fingerprint density at radius 3 is 2.60 bits per heavy atom. The number of rotatable bonds is 4. The average Bonchev–Trinajstić information content (AvgIpc) is 2.39. The summed E-state index contributed by atoms with van der Waals surface area (Å²) in [7, 11) is 0. The number of benzene rings is 1. The van der Waals surface area contributed by atoms with Gasteiger partial charge in [-0.2, -0.15) is 0 Å². The summed E-state index contributed by atoms with van der Waals surface area (Å²) in [4.78, 5) is 2.41. The minimum Gasteiger partial charge on any atom is -0.371 e. The zero-order valence-electron chi connectivity index (χ0n) is 12.3. The molecule has 1 heterocycles. The van der Waals surface area contributed by atoms with Gasteiger partial charge in [0.25, 0.3) is 0 Å². The summed E-state index contributed by atoms with van der Waals surface area (Å²) in [6.07, 6.45) is 3.02.